The molecule has 0 radical (unpaired) electrons. The minimum absolute atomic E-state index is 0.0104. The van der Waals surface area contributed by atoms with E-state index in [1.165, 1.54) is 22.3 Å². The predicted molar refractivity (Wildman–Crippen MR) is 106 cm³/mol. The molecule has 0 amide bonds. The second-order valence-electron chi connectivity index (χ2n) is 8.53. The van der Waals surface area contributed by atoms with Gasteiger partial charge in [0.1, 0.15) is 5.75 Å². The number of fused-ring (bicyclic) bond motifs is 4. The monoisotopic (exact) mass is 351 g/mol. The fourth-order valence-corrected chi connectivity index (χ4v) is 5.53. The zero-order valence-electron chi connectivity index (χ0n) is 16.1. The summed E-state index contributed by atoms with van der Waals surface area (Å²) in [6, 6.07) is 6.53. The Bertz CT molecular complexity index is 819. The van der Waals surface area contributed by atoms with Crippen LogP contribution in [0, 0.1) is 17.3 Å². The first kappa shape index (κ1) is 17.4. The van der Waals surface area contributed by atoms with E-state index in [-0.39, 0.29) is 5.41 Å². The normalized spacial score (nSPS) is 31.9. The lowest BCUT2D eigenvalue weighted by molar-refractivity contribution is 0.200. The lowest BCUT2D eigenvalue weighted by Gasteiger charge is -2.50. The Morgan fingerprint density at radius 3 is 2.81 bits per heavy atom. The van der Waals surface area contributed by atoms with Crippen LogP contribution in [-0.2, 0) is 6.42 Å². The first-order chi connectivity index (χ1) is 12.5. The molecule has 1 saturated carbocycles. The Morgan fingerprint density at radius 2 is 2.12 bits per heavy atom. The summed E-state index contributed by atoms with van der Waals surface area (Å²) in [7, 11) is 1.73. The molecule has 0 bridgehead atoms. The van der Waals surface area contributed by atoms with Crippen molar-refractivity contribution in [2.45, 2.75) is 52.4 Å². The Kier molecular flexibility index (Phi) is 4.21. The highest BCUT2D eigenvalue weighted by molar-refractivity contribution is 5.93. The molecule has 1 N–H and O–H groups in total. The van der Waals surface area contributed by atoms with Gasteiger partial charge in [-0.3, -0.25) is 0 Å². The van der Waals surface area contributed by atoms with Crippen molar-refractivity contribution >= 4 is 11.3 Å². The number of benzene rings is 1. The summed E-state index contributed by atoms with van der Waals surface area (Å²) in [4.78, 5) is 0. The fraction of sp³-hybridized carbons (Fsp3) is 0.522. The van der Waals surface area contributed by atoms with E-state index in [0.29, 0.717) is 11.8 Å². The molecule has 1 aromatic carbocycles. The van der Waals surface area contributed by atoms with Crippen molar-refractivity contribution < 1.29 is 9.94 Å². The largest absolute Gasteiger partial charge is 0.497 e. The maximum Gasteiger partial charge on any atom is 0.119 e. The second kappa shape index (κ2) is 6.29. The molecule has 0 saturated heterocycles. The van der Waals surface area contributed by atoms with Crippen molar-refractivity contribution in [3.63, 3.8) is 0 Å². The molecule has 3 atom stereocenters. The molecule has 3 nitrogen and oxygen atoms in total. The Balaban J connectivity index is 1.80. The number of ether oxygens (including phenoxy) is 1. The summed E-state index contributed by atoms with van der Waals surface area (Å²) in [6.45, 7) is 8.63. The number of nitrogens with zero attached hydrogens (tertiary/aromatic N) is 1. The lowest BCUT2D eigenvalue weighted by Crippen LogP contribution is -2.46. The number of hydrogen-bond donors (Lipinski definition) is 1. The molecule has 3 heteroatoms. The van der Waals surface area contributed by atoms with E-state index in [4.69, 9.17) is 4.74 Å². The van der Waals surface area contributed by atoms with Gasteiger partial charge in [-0.05, 0) is 86.1 Å². The van der Waals surface area contributed by atoms with E-state index in [2.05, 4.69) is 43.8 Å². The highest BCUT2D eigenvalue weighted by atomic mass is 16.5. The molecular weight excluding hydrogens is 322 g/mol. The third-order valence-corrected chi connectivity index (χ3v) is 7.21. The van der Waals surface area contributed by atoms with Crippen molar-refractivity contribution in [2.75, 3.05) is 7.11 Å². The molecule has 0 aliphatic heterocycles. The average Bonchev–Trinajstić information content (AvgIpc) is 2.65. The van der Waals surface area contributed by atoms with E-state index in [0.717, 1.165) is 50.0 Å². The summed E-state index contributed by atoms with van der Waals surface area (Å²) < 4.78 is 5.42. The van der Waals surface area contributed by atoms with Gasteiger partial charge in [-0.2, -0.15) is 0 Å². The molecule has 0 aromatic heterocycles. The fourth-order valence-electron chi connectivity index (χ4n) is 5.53. The van der Waals surface area contributed by atoms with Gasteiger partial charge in [0.2, 0.25) is 0 Å². The number of rotatable bonds is 2. The minimum atomic E-state index is -0.0104. The third-order valence-electron chi connectivity index (χ3n) is 7.21. The lowest BCUT2D eigenvalue weighted by atomic mass is 9.53. The summed E-state index contributed by atoms with van der Waals surface area (Å²) in [5, 5.41) is 13.5. The number of oxime groups is 1. The van der Waals surface area contributed by atoms with Crippen LogP contribution < -0.4 is 4.74 Å². The molecule has 0 spiro atoms. The first-order valence-corrected chi connectivity index (χ1v) is 9.74. The SMILES string of the molecule is C=C(C)[C@H]1CC(=NO)[C@]2(C)CCC3=C(CCc4cc(OC)ccc43)[C@@H]2C1. The predicted octanol–water partition coefficient (Wildman–Crippen LogP) is 5.63. The maximum atomic E-state index is 9.73. The van der Waals surface area contributed by atoms with E-state index in [1.807, 2.05) is 0 Å². The summed E-state index contributed by atoms with van der Waals surface area (Å²) in [6.07, 6.45) is 6.30. The van der Waals surface area contributed by atoms with Crippen LogP contribution in [0.2, 0.25) is 0 Å². The molecule has 26 heavy (non-hydrogen) atoms. The van der Waals surface area contributed by atoms with E-state index in [9.17, 15) is 5.21 Å². The number of methoxy groups -OCH3 is 1. The summed E-state index contributed by atoms with van der Waals surface area (Å²) in [5.41, 5.74) is 8.14. The van der Waals surface area contributed by atoms with Crippen molar-refractivity contribution in [1.82, 2.24) is 0 Å². The molecular formula is C23H29NO2. The topological polar surface area (TPSA) is 41.8 Å². The van der Waals surface area contributed by atoms with Gasteiger partial charge in [0.15, 0.2) is 0 Å². The average molecular weight is 351 g/mol. The number of hydrogen-bond acceptors (Lipinski definition) is 3. The zero-order chi connectivity index (χ0) is 18.5. The van der Waals surface area contributed by atoms with Crippen molar-refractivity contribution in [2.24, 2.45) is 22.4 Å². The standard InChI is InChI=1S/C23H29NO2/c1-14(2)16-12-21-20-7-5-15-11-17(26-4)6-8-18(15)19(20)9-10-23(21,3)22(13-16)24-25/h6,8,11,16,21,25H,1,5,7,9-10,12-13H2,2-4H3/t16-,21+,23-/m1/s1. The molecule has 1 fully saturated rings. The van der Waals surface area contributed by atoms with Gasteiger partial charge in [-0.15, -0.1) is 0 Å². The second-order valence-corrected chi connectivity index (χ2v) is 8.53. The number of allylic oxidation sites excluding steroid dienone is 3. The van der Waals surface area contributed by atoms with Crippen LogP contribution in [-0.4, -0.2) is 18.0 Å². The summed E-state index contributed by atoms with van der Waals surface area (Å²) in [5.74, 6) is 1.83. The van der Waals surface area contributed by atoms with Gasteiger partial charge in [0.05, 0.1) is 12.8 Å². The minimum Gasteiger partial charge on any atom is -0.497 e. The van der Waals surface area contributed by atoms with Crippen LogP contribution in [0.15, 0.2) is 41.1 Å². The molecule has 3 aliphatic carbocycles. The molecule has 138 valence electrons. The van der Waals surface area contributed by atoms with Crippen molar-refractivity contribution in [3.05, 3.63) is 47.1 Å². The van der Waals surface area contributed by atoms with Gasteiger partial charge in [0, 0.05) is 5.41 Å². The zero-order valence-corrected chi connectivity index (χ0v) is 16.1. The Morgan fingerprint density at radius 1 is 1.31 bits per heavy atom. The Hall–Kier alpha value is -2.03. The Labute approximate surface area is 156 Å². The number of aryl methyl sites for hydroxylation is 1. The van der Waals surface area contributed by atoms with E-state index in [1.54, 1.807) is 12.7 Å². The molecule has 4 rings (SSSR count). The first-order valence-electron chi connectivity index (χ1n) is 9.74. The van der Waals surface area contributed by atoms with Crippen LogP contribution in [0.3, 0.4) is 0 Å². The van der Waals surface area contributed by atoms with Crippen LogP contribution in [0.4, 0.5) is 0 Å². The van der Waals surface area contributed by atoms with Gasteiger partial charge in [-0.25, -0.2) is 0 Å². The van der Waals surface area contributed by atoms with Crippen LogP contribution in [0.5, 0.6) is 5.75 Å². The van der Waals surface area contributed by atoms with E-state index >= 15 is 0 Å². The molecule has 0 heterocycles. The smallest absolute Gasteiger partial charge is 0.119 e. The van der Waals surface area contributed by atoms with Gasteiger partial charge in [0.25, 0.3) is 0 Å². The highest BCUT2D eigenvalue weighted by Crippen LogP contribution is 2.57. The maximum absolute atomic E-state index is 9.73. The summed E-state index contributed by atoms with van der Waals surface area (Å²) >= 11 is 0. The van der Waals surface area contributed by atoms with E-state index < -0.39 is 0 Å². The van der Waals surface area contributed by atoms with Crippen LogP contribution >= 0.6 is 0 Å². The van der Waals surface area contributed by atoms with Crippen LogP contribution in [0.25, 0.3) is 5.57 Å². The van der Waals surface area contributed by atoms with Crippen LogP contribution in [0.1, 0.15) is 57.1 Å². The molecule has 3 aliphatic rings. The molecule has 1 aromatic rings. The quantitative estimate of drug-likeness (QED) is 0.426. The van der Waals surface area contributed by atoms with Gasteiger partial charge < -0.3 is 9.94 Å². The van der Waals surface area contributed by atoms with Gasteiger partial charge >= 0.3 is 0 Å². The van der Waals surface area contributed by atoms with Crippen molar-refractivity contribution in [1.29, 1.82) is 0 Å². The third kappa shape index (κ3) is 2.52. The van der Waals surface area contributed by atoms with Gasteiger partial charge in [-0.1, -0.05) is 35.9 Å². The molecule has 0 unspecified atom stereocenters. The highest BCUT2D eigenvalue weighted by Gasteiger charge is 2.49. The van der Waals surface area contributed by atoms with Crippen molar-refractivity contribution in [3.8, 4) is 5.75 Å².